The lowest BCUT2D eigenvalue weighted by molar-refractivity contribution is 0.240. The molecule has 4 N–H and O–H groups in total. The Bertz CT molecular complexity index is 866. The van der Waals surface area contributed by atoms with Crippen molar-refractivity contribution in [2.24, 2.45) is 5.14 Å². The minimum atomic E-state index is -3.71. The van der Waals surface area contributed by atoms with Gasteiger partial charge < -0.3 is 10.6 Å². The smallest absolute Gasteiger partial charge is 0.315 e. The van der Waals surface area contributed by atoms with Crippen LogP contribution in [-0.2, 0) is 16.6 Å². The maximum atomic E-state index is 13.2. The summed E-state index contributed by atoms with van der Waals surface area (Å²) in [5.41, 5.74) is 0.872. The first kappa shape index (κ1) is 16.9. The number of hydrogen-bond donors (Lipinski definition) is 3. The van der Waals surface area contributed by atoms with Gasteiger partial charge >= 0.3 is 6.03 Å². The highest BCUT2D eigenvalue weighted by atomic mass is 32.2. The topological polar surface area (TPSA) is 101 Å². The van der Waals surface area contributed by atoms with Crippen LogP contribution in [-0.4, -0.2) is 20.5 Å². The van der Waals surface area contributed by atoms with Gasteiger partial charge in [0.1, 0.15) is 10.0 Å². The molecule has 24 heavy (non-hydrogen) atoms. The van der Waals surface area contributed by atoms with Crippen LogP contribution in [0.2, 0.25) is 0 Å². The summed E-state index contributed by atoms with van der Waals surface area (Å²) in [6, 6.07) is 9.02. The fraction of sp³-hybridized carbons (Fsp3) is 0.267. The van der Waals surface area contributed by atoms with Gasteiger partial charge in [-0.25, -0.2) is 22.7 Å². The molecule has 0 saturated heterocycles. The van der Waals surface area contributed by atoms with Crippen LogP contribution in [0.3, 0.4) is 0 Å². The van der Waals surface area contributed by atoms with E-state index < -0.39 is 10.0 Å². The van der Waals surface area contributed by atoms with Crippen LogP contribution in [0, 0.1) is 5.82 Å². The van der Waals surface area contributed by atoms with E-state index in [9.17, 15) is 17.6 Å². The molecule has 0 radical (unpaired) electrons. The van der Waals surface area contributed by atoms with Crippen LogP contribution in [0.25, 0.3) is 0 Å². The Morgan fingerprint density at radius 1 is 1.33 bits per heavy atom. The van der Waals surface area contributed by atoms with Gasteiger partial charge in [-0.3, -0.25) is 0 Å². The number of carbonyl (C=O) groups excluding carboxylic acids is 1. The van der Waals surface area contributed by atoms with Gasteiger partial charge in [0.05, 0.1) is 6.54 Å². The molecule has 2 atom stereocenters. The summed E-state index contributed by atoms with van der Waals surface area (Å²) >= 11 is 1.02. The number of thiophene rings is 1. The summed E-state index contributed by atoms with van der Waals surface area (Å²) in [5.74, 6) is -0.159. The predicted molar refractivity (Wildman–Crippen MR) is 88.6 cm³/mol. The lowest BCUT2D eigenvalue weighted by Gasteiger charge is -2.06. The number of rotatable bonds is 5. The molecule has 0 aliphatic heterocycles. The van der Waals surface area contributed by atoms with Crippen molar-refractivity contribution in [1.29, 1.82) is 0 Å². The van der Waals surface area contributed by atoms with Crippen molar-refractivity contribution in [1.82, 2.24) is 10.6 Å². The Kier molecular flexibility index (Phi) is 4.57. The molecule has 1 aliphatic rings. The number of nitrogens with one attached hydrogen (secondary N) is 2. The Hall–Kier alpha value is -1.97. The quantitative estimate of drug-likeness (QED) is 0.750. The van der Waals surface area contributed by atoms with E-state index in [1.165, 1.54) is 18.2 Å². The van der Waals surface area contributed by atoms with E-state index >= 15 is 0 Å². The number of primary sulfonamides is 1. The first-order chi connectivity index (χ1) is 11.3. The van der Waals surface area contributed by atoms with Crippen LogP contribution < -0.4 is 15.8 Å². The third-order valence-electron chi connectivity index (χ3n) is 3.72. The number of amides is 2. The second-order valence-electron chi connectivity index (χ2n) is 5.60. The predicted octanol–water partition coefficient (Wildman–Crippen LogP) is 1.89. The number of carbonyl (C=O) groups is 1. The average Bonchev–Trinajstić information content (AvgIpc) is 3.08. The molecule has 1 fully saturated rings. The highest BCUT2D eigenvalue weighted by Crippen LogP contribution is 2.40. The van der Waals surface area contributed by atoms with Crippen molar-refractivity contribution in [3.63, 3.8) is 0 Å². The molecule has 2 aromatic rings. The number of nitrogens with two attached hydrogens (primary N) is 1. The standard InChI is InChI=1S/C15H16FN3O3S2/c16-10-3-1-2-9(6-10)12-7-13(12)19-15(20)18-8-11-4-5-14(23-11)24(17,21)22/h1-6,12-13H,7-8H2,(H2,17,21,22)(H2,18,19,20)/t12-,13-/m1/s1. The van der Waals surface area contributed by atoms with Gasteiger partial charge in [0.25, 0.3) is 0 Å². The zero-order valence-electron chi connectivity index (χ0n) is 12.5. The summed E-state index contributed by atoms with van der Waals surface area (Å²) in [6.45, 7) is 0.212. The summed E-state index contributed by atoms with van der Waals surface area (Å²) in [4.78, 5) is 12.6. The zero-order valence-corrected chi connectivity index (χ0v) is 14.2. The number of halogens is 1. The van der Waals surface area contributed by atoms with Crippen LogP contribution in [0.4, 0.5) is 9.18 Å². The molecule has 0 spiro atoms. The van der Waals surface area contributed by atoms with Crippen molar-refractivity contribution in [2.75, 3.05) is 0 Å². The highest BCUT2D eigenvalue weighted by Gasteiger charge is 2.39. The van der Waals surface area contributed by atoms with E-state index in [-0.39, 0.29) is 34.6 Å². The molecular weight excluding hydrogens is 353 g/mol. The van der Waals surface area contributed by atoms with E-state index in [1.807, 2.05) is 6.07 Å². The van der Waals surface area contributed by atoms with E-state index in [4.69, 9.17) is 5.14 Å². The molecule has 0 bridgehead atoms. The Labute approximate surface area is 142 Å². The number of benzene rings is 1. The molecule has 1 saturated carbocycles. The molecule has 1 aliphatic carbocycles. The molecule has 6 nitrogen and oxygen atoms in total. The SMILES string of the molecule is NS(=O)(=O)c1ccc(CNC(=O)N[C@@H]2C[C@@H]2c2cccc(F)c2)s1. The van der Waals surface area contributed by atoms with Crippen LogP contribution in [0.15, 0.2) is 40.6 Å². The Morgan fingerprint density at radius 3 is 2.79 bits per heavy atom. The number of sulfonamides is 1. The molecule has 9 heteroatoms. The number of hydrogen-bond acceptors (Lipinski definition) is 4. The summed E-state index contributed by atoms with van der Waals surface area (Å²) in [6.07, 6.45) is 0.769. The first-order valence-corrected chi connectivity index (χ1v) is 9.60. The minimum absolute atomic E-state index is 0.0184. The van der Waals surface area contributed by atoms with Crippen molar-refractivity contribution >= 4 is 27.4 Å². The van der Waals surface area contributed by atoms with Gasteiger partial charge in [-0.2, -0.15) is 0 Å². The first-order valence-electron chi connectivity index (χ1n) is 7.24. The van der Waals surface area contributed by atoms with E-state index in [0.29, 0.717) is 4.88 Å². The van der Waals surface area contributed by atoms with E-state index in [1.54, 1.807) is 12.1 Å². The normalized spacial score (nSPS) is 19.8. The van der Waals surface area contributed by atoms with Gasteiger partial charge in [-0.1, -0.05) is 12.1 Å². The fourth-order valence-electron chi connectivity index (χ4n) is 2.45. The van der Waals surface area contributed by atoms with Gasteiger partial charge in [-0.05, 0) is 36.2 Å². The molecular formula is C15H16FN3O3S2. The summed E-state index contributed by atoms with van der Waals surface area (Å²) in [7, 11) is -3.71. The van der Waals surface area contributed by atoms with Crippen molar-refractivity contribution in [3.05, 3.63) is 52.7 Å². The largest absolute Gasteiger partial charge is 0.335 e. The number of urea groups is 1. The summed E-state index contributed by atoms with van der Waals surface area (Å²) in [5, 5.41) is 10.5. The van der Waals surface area contributed by atoms with Gasteiger partial charge in [0.15, 0.2) is 0 Å². The Morgan fingerprint density at radius 2 is 2.12 bits per heavy atom. The van der Waals surface area contributed by atoms with Crippen molar-refractivity contribution < 1.29 is 17.6 Å². The van der Waals surface area contributed by atoms with Crippen LogP contribution in [0.1, 0.15) is 22.8 Å². The lowest BCUT2D eigenvalue weighted by atomic mass is 10.1. The fourth-order valence-corrected chi connectivity index (χ4v) is 4.17. The summed E-state index contributed by atoms with van der Waals surface area (Å²) < 4.78 is 35.6. The average molecular weight is 369 g/mol. The van der Waals surface area contributed by atoms with Gasteiger partial charge in [0, 0.05) is 16.8 Å². The maximum Gasteiger partial charge on any atom is 0.315 e. The van der Waals surface area contributed by atoms with Gasteiger partial charge in [-0.15, -0.1) is 11.3 Å². The maximum absolute atomic E-state index is 13.2. The molecule has 2 amide bonds. The van der Waals surface area contributed by atoms with Crippen molar-refractivity contribution in [2.45, 2.75) is 29.1 Å². The van der Waals surface area contributed by atoms with Crippen LogP contribution in [0.5, 0.6) is 0 Å². The molecule has 1 aromatic heterocycles. The zero-order chi connectivity index (χ0) is 17.3. The Balaban J connectivity index is 1.48. The lowest BCUT2D eigenvalue weighted by Crippen LogP contribution is -2.36. The van der Waals surface area contributed by atoms with E-state index in [0.717, 1.165) is 23.3 Å². The molecule has 128 valence electrons. The van der Waals surface area contributed by atoms with Gasteiger partial charge in [0.2, 0.25) is 10.0 Å². The second-order valence-corrected chi connectivity index (χ2v) is 8.55. The second kappa shape index (κ2) is 6.50. The highest BCUT2D eigenvalue weighted by molar-refractivity contribution is 7.91. The third-order valence-corrected chi connectivity index (χ3v) is 6.25. The molecule has 1 aromatic carbocycles. The molecule has 3 rings (SSSR count). The minimum Gasteiger partial charge on any atom is -0.335 e. The third kappa shape index (κ3) is 4.11. The monoisotopic (exact) mass is 369 g/mol. The van der Waals surface area contributed by atoms with Crippen molar-refractivity contribution in [3.8, 4) is 0 Å². The van der Waals surface area contributed by atoms with Crippen LogP contribution >= 0.6 is 11.3 Å². The molecule has 0 unspecified atom stereocenters. The molecule has 1 heterocycles. The van der Waals surface area contributed by atoms with E-state index in [2.05, 4.69) is 10.6 Å².